The summed E-state index contributed by atoms with van der Waals surface area (Å²) in [5.41, 5.74) is 2.92. The SMILES string of the molecule is O=C(Cl)[PH+](Cl)C(c1ccccc1)(c1ccccc1)c1ccccc1. The van der Waals surface area contributed by atoms with Gasteiger partial charge in [0.2, 0.25) is 7.27 Å². The minimum absolute atomic E-state index is 0.474. The monoisotopic (exact) mass is 373 g/mol. The van der Waals surface area contributed by atoms with E-state index in [0.717, 1.165) is 16.7 Å². The summed E-state index contributed by atoms with van der Waals surface area (Å²) in [5.74, 6) is 0. The predicted octanol–water partition coefficient (Wildman–Crippen LogP) is 6.71. The molecule has 120 valence electrons. The normalized spacial score (nSPS) is 12.6. The fourth-order valence-electron chi connectivity index (χ4n) is 3.09. The molecule has 0 bridgehead atoms. The van der Waals surface area contributed by atoms with Gasteiger partial charge in [0.05, 0.1) is 11.2 Å². The van der Waals surface area contributed by atoms with Crippen molar-refractivity contribution in [2.24, 2.45) is 0 Å². The van der Waals surface area contributed by atoms with Crippen LogP contribution in [0.1, 0.15) is 16.7 Å². The van der Waals surface area contributed by atoms with Gasteiger partial charge < -0.3 is 0 Å². The summed E-state index contributed by atoms with van der Waals surface area (Å²) in [6.07, 6.45) is 0. The summed E-state index contributed by atoms with van der Waals surface area (Å²) in [4.78, 5) is 11.7. The topological polar surface area (TPSA) is 17.1 Å². The van der Waals surface area contributed by atoms with E-state index in [2.05, 4.69) is 0 Å². The van der Waals surface area contributed by atoms with Crippen molar-refractivity contribution in [2.75, 3.05) is 0 Å². The van der Waals surface area contributed by atoms with E-state index in [-0.39, 0.29) is 0 Å². The van der Waals surface area contributed by atoms with Gasteiger partial charge in [0, 0.05) is 28.3 Å². The highest BCUT2D eigenvalue weighted by Crippen LogP contribution is 2.67. The average molecular weight is 374 g/mol. The Bertz CT molecular complexity index is 710. The number of carbonyl (C=O) groups is 1. The standard InChI is InChI=1S/C20H15Cl2OP/c21-19(23)24(22)20(16-10-4-1-5-11-16,17-12-6-2-7-13-17)18-14-8-3-9-15-18/h1-15H/p+1. The van der Waals surface area contributed by atoms with Crippen molar-refractivity contribution >= 4 is 35.1 Å². The third-order valence-corrected chi connectivity index (χ3v) is 8.21. The summed E-state index contributed by atoms with van der Waals surface area (Å²) in [6, 6.07) is 29.7. The third kappa shape index (κ3) is 3.00. The van der Waals surface area contributed by atoms with Crippen molar-refractivity contribution in [3.63, 3.8) is 0 Å². The molecule has 24 heavy (non-hydrogen) atoms. The quantitative estimate of drug-likeness (QED) is 0.276. The third-order valence-electron chi connectivity index (χ3n) is 4.12. The Hall–Kier alpha value is -1.66. The zero-order valence-electron chi connectivity index (χ0n) is 12.8. The molecular formula is C20H16Cl2OP+. The highest BCUT2D eigenvalue weighted by molar-refractivity contribution is 8.00. The Morgan fingerprint density at radius 1 is 0.667 bits per heavy atom. The molecule has 0 saturated carbocycles. The van der Waals surface area contributed by atoms with Crippen molar-refractivity contribution in [1.82, 2.24) is 0 Å². The van der Waals surface area contributed by atoms with Gasteiger partial charge in [0.15, 0.2) is 5.16 Å². The van der Waals surface area contributed by atoms with Gasteiger partial charge in [-0.1, -0.05) is 91.0 Å². The van der Waals surface area contributed by atoms with Crippen LogP contribution in [0.2, 0.25) is 0 Å². The number of benzene rings is 3. The second-order valence-electron chi connectivity index (χ2n) is 5.44. The lowest BCUT2D eigenvalue weighted by Gasteiger charge is -2.31. The second-order valence-corrected chi connectivity index (χ2v) is 9.06. The van der Waals surface area contributed by atoms with Crippen molar-refractivity contribution in [3.05, 3.63) is 108 Å². The molecule has 1 nitrogen and oxygen atoms in total. The molecule has 1 atom stereocenters. The molecular weight excluding hydrogens is 358 g/mol. The molecule has 3 aromatic carbocycles. The van der Waals surface area contributed by atoms with E-state index < -0.39 is 17.4 Å². The highest BCUT2D eigenvalue weighted by Gasteiger charge is 2.53. The van der Waals surface area contributed by atoms with Gasteiger partial charge >= 0.3 is 4.98 Å². The van der Waals surface area contributed by atoms with Gasteiger partial charge in [-0.25, -0.2) is 4.79 Å². The summed E-state index contributed by atoms with van der Waals surface area (Å²) >= 11 is 12.7. The van der Waals surface area contributed by atoms with E-state index in [4.69, 9.17) is 22.8 Å². The maximum Gasteiger partial charge on any atom is 0.375 e. The molecule has 0 aliphatic heterocycles. The molecule has 0 aliphatic rings. The van der Waals surface area contributed by atoms with E-state index in [1.807, 2.05) is 91.0 Å². The summed E-state index contributed by atoms with van der Waals surface area (Å²) in [7, 11) is -2.16. The Morgan fingerprint density at radius 2 is 0.958 bits per heavy atom. The van der Waals surface area contributed by atoms with Crippen LogP contribution in [0.4, 0.5) is 4.79 Å². The molecule has 0 fully saturated rings. The lowest BCUT2D eigenvalue weighted by Crippen LogP contribution is -2.27. The van der Waals surface area contributed by atoms with Crippen molar-refractivity contribution < 1.29 is 4.79 Å². The Kier molecular flexibility index (Phi) is 5.36. The molecule has 0 aromatic heterocycles. The molecule has 1 unspecified atom stereocenters. The van der Waals surface area contributed by atoms with E-state index in [1.54, 1.807) is 0 Å². The van der Waals surface area contributed by atoms with Crippen LogP contribution in [-0.4, -0.2) is 4.98 Å². The van der Waals surface area contributed by atoms with Crippen LogP contribution in [-0.2, 0) is 5.16 Å². The van der Waals surface area contributed by atoms with Crippen LogP contribution in [0, 0.1) is 0 Å². The number of hydrogen-bond acceptors (Lipinski definition) is 1. The molecule has 0 heterocycles. The van der Waals surface area contributed by atoms with Gasteiger partial charge in [0.1, 0.15) is 0 Å². The minimum Gasteiger partial charge on any atom is -0.232 e. The maximum absolute atomic E-state index is 12.2. The molecule has 0 N–H and O–H groups in total. The van der Waals surface area contributed by atoms with Crippen LogP contribution in [0.15, 0.2) is 91.0 Å². The van der Waals surface area contributed by atoms with E-state index in [0.29, 0.717) is 0 Å². The Morgan fingerprint density at radius 3 is 1.21 bits per heavy atom. The second kappa shape index (κ2) is 7.49. The first-order chi connectivity index (χ1) is 11.7. The number of carbonyl (C=O) groups excluding carboxylic acids is 1. The molecule has 0 saturated heterocycles. The van der Waals surface area contributed by atoms with Crippen LogP contribution in [0.3, 0.4) is 0 Å². The number of hydrogen-bond donors (Lipinski definition) is 0. The summed E-state index contributed by atoms with van der Waals surface area (Å²) < 4.78 is 0. The molecule has 0 aliphatic carbocycles. The van der Waals surface area contributed by atoms with E-state index >= 15 is 0 Å². The zero-order chi connectivity index (χ0) is 17.0. The first-order valence-electron chi connectivity index (χ1n) is 7.56. The molecule has 0 radical (unpaired) electrons. The lowest BCUT2D eigenvalue weighted by atomic mass is 9.84. The fraction of sp³-hybridized carbons (Fsp3) is 0.0500. The molecule has 3 rings (SSSR count). The summed E-state index contributed by atoms with van der Waals surface area (Å²) in [6.45, 7) is 0. The van der Waals surface area contributed by atoms with Crippen molar-refractivity contribution in [3.8, 4) is 0 Å². The van der Waals surface area contributed by atoms with Crippen LogP contribution < -0.4 is 0 Å². The van der Waals surface area contributed by atoms with Gasteiger partial charge in [-0.2, -0.15) is 0 Å². The fourth-order valence-corrected chi connectivity index (χ4v) is 6.05. The van der Waals surface area contributed by atoms with Crippen LogP contribution in [0.5, 0.6) is 0 Å². The van der Waals surface area contributed by atoms with Gasteiger partial charge in [-0.15, -0.1) is 0 Å². The lowest BCUT2D eigenvalue weighted by molar-refractivity contribution is 0.275. The first-order valence-corrected chi connectivity index (χ1v) is 10.5. The Balaban J connectivity index is 2.39. The molecule has 0 spiro atoms. The predicted molar refractivity (Wildman–Crippen MR) is 105 cm³/mol. The van der Waals surface area contributed by atoms with Crippen molar-refractivity contribution in [1.29, 1.82) is 0 Å². The average Bonchev–Trinajstić information content (AvgIpc) is 2.65. The van der Waals surface area contributed by atoms with Crippen LogP contribution >= 0.6 is 30.1 Å². The van der Waals surface area contributed by atoms with E-state index in [1.165, 1.54) is 0 Å². The molecule has 3 aromatic rings. The smallest absolute Gasteiger partial charge is 0.232 e. The highest BCUT2D eigenvalue weighted by atomic mass is 35.7. The Labute approximate surface area is 152 Å². The number of rotatable bonds is 5. The molecule has 4 heteroatoms. The van der Waals surface area contributed by atoms with E-state index in [9.17, 15) is 4.79 Å². The first kappa shape index (κ1) is 17.2. The summed E-state index contributed by atoms with van der Waals surface area (Å²) in [5, 5.41) is -0.755. The van der Waals surface area contributed by atoms with Crippen molar-refractivity contribution in [2.45, 2.75) is 5.16 Å². The van der Waals surface area contributed by atoms with Gasteiger partial charge in [-0.05, 0) is 0 Å². The maximum atomic E-state index is 12.2. The largest absolute Gasteiger partial charge is 0.375 e. The van der Waals surface area contributed by atoms with Crippen LogP contribution in [0.25, 0.3) is 0 Å². The van der Waals surface area contributed by atoms with Gasteiger partial charge in [0.25, 0.3) is 0 Å². The minimum atomic E-state index is -2.16. The number of halogens is 2. The zero-order valence-corrected chi connectivity index (χ0v) is 15.3. The van der Waals surface area contributed by atoms with Gasteiger partial charge in [-0.3, -0.25) is 0 Å². The molecule has 0 amide bonds.